The molecule has 7 atom stereocenters. The van der Waals surface area contributed by atoms with Crippen LogP contribution in [0.3, 0.4) is 0 Å². The number of hydrogen-bond acceptors (Lipinski definition) is 1. The molecule has 0 spiro atoms. The van der Waals surface area contributed by atoms with Gasteiger partial charge in [0, 0.05) is 18.8 Å². The molecule has 4 aliphatic carbocycles. The third-order valence-electron chi connectivity index (χ3n) is 8.89. The van der Waals surface area contributed by atoms with Crippen LogP contribution in [0.1, 0.15) is 59.3 Å². The van der Waals surface area contributed by atoms with E-state index in [4.69, 9.17) is 0 Å². The smallest absolute Gasteiger partial charge is 0.144 e. The highest BCUT2D eigenvalue weighted by Gasteiger charge is 2.58. The van der Waals surface area contributed by atoms with E-state index in [-0.39, 0.29) is 5.41 Å². The molecule has 0 amide bonds. The summed E-state index contributed by atoms with van der Waals surface area (Å²) in [5, 5.41) is 11.4. The molecule has 1 aromatic heterocycles. The fourth-order valence-electron chi connectivity index (χ4n) is 7.31. The van der Waals surface area contributed by atoms with Crippen LogP contribution >= 0.6 is 0 Å². The molecule has 2 fully saturated rings. The van der Waals surface area contributed by atoms with Crippen molar-refractivity contribution in [2.45, 2.75) is 65.0 Å². The van der Waals surface area contributed by atoms with Crippen molar-refractivity contribution in [2.75, 3.05) is 0 Å². The summed E-state index contributed by atoms with van der Waals surface area (Å²) in [4.78, 5) is 0. The Hall–Kier alpha value is -1.28. The quantitative estimate of drug-likeness (QED) is 0.663. The van der Waals surface area contributed by atoms with Gasteiger partial charge in [0.25, 0.3) is 0 Å². The molecule has 2 heteroatoms. The van der Waals surface area contributed by atoms with Gasteiger partial charge in [0.1, 0.15) is 5.72 Å². The minimum atomic E-state index is -0.737. The molecule has 0 aromatic carbocycles. The van der Waals surface area contributed by atoms with Gasteiger partial charge < -0.3 is 9.67 Å². The maximum Gasteiger partial charge on any atom is 0.144 e. The summed E-state index contributed by atoms with van der Waals surface area (Å²) in [6.07, 6.45) is 18.3. The van der Waals surface area contributed by atoms with E-state index in [0.717, 1.165) is 37.0 Å². The summed E-state index contributed by atoms with van der Waals surface area (Å²) >= 11 is 0. The standard InChI is InChI=1S/C24H33NO/c1-17-15-18-16-24(26,25-13-4-5-14-25)12-11-23(18,3)20-8-10-22(2)9-6-7-19(22)21(17)20/h4-6,9,13-15,17,19-21,26H,7-8,10-12,16H2,1-3H3/t17-,19-,20-,21-,22-,23-,24-/m0/s1. The van der Waals surface area contributed by atoms with Crippen LogP contribution in [0.2, 0.25) is 0 Å². The monoisotopic (exact) mass is 351 g/mol. The molecule has 0 saturated heterocycles. The molecule has 0 unspecified atom stereocenters. The molecule has 2 nitrogen and oxygen atoms in total. The van der Waals surface area contributed by atoms with Crippen LogP contribution in [-0.4, -0.2) is 9.67 Å². The lowest BCUT2D eigenvalue weighted by Gasteiger charge is -2.60. The van der Waals surface area contributed by atoms with Gasteiger partial charge in [0.15, 0.2) is 0 Å². The maximum atomic E-state index is 11.4. The number of allylic oxidation sites excluding steroid dienone is 3. The molecule has 4 aliphatic rings. The molecule has 0 radical (unpaired) electrons. The number of rotatable bonds is 1. The van der Waals surface area contributed by atoms with Crippen LogP contribution in [-0.2, 0) is 5.72 Å². The predicted octanol–water partition coefficient (Wildman–Crippen LogP) is 5.51. The molecule has 2 saturated carbocycles. The van der Waals surface area contributed by atoms with Crippen molar-refractivity contribution in [1.82, 2.24) is 4.57 Å². The number of nitrogens with zero attached hydrogens (tertiary/aromatic N) is 1. The van der Waals surface area contributed by atoms with Crippen molar-refractivity contribution in [3.05, 3.63) is 48.3 Å². The van der Waals surface area contributed by atoms with Crippen molar-refractivity contribution in [3.8, 4) is 0 Å². The van der Waals surface area contributed by atoms with Crippen molar-refractivity contribution in [2.24, 2.45) is 34.5 Å². The average molecular weight is 352 g/mol. The first kappa shape index (κ1) is 16.9. The van der Waals surface area contributed by atoms with Gasteiger partial charge in [-0.15, -0.1) is 0 Å². The molecule has 1 heterocycles. The fraction of sp³-hybridized carbons (Fsp3) is 0.667. The Bertz CT molecular complexity index is 761. The summed E-state index contributed by atoms with van der Waals surface area (Å²) in [6, 6.07) is 4.05. The molecule has 0 bridgehead atoms. The average Bonchev–Trinajstić information content (AvgIpc) is 3.26. The molecule has 0 aliphatic heterocycles. The molecule has 1 aromatic rings. The summed E-state index contributed by atoms with van der Waals surface area (Å²) in [6.45, 7) is 7.46. The van der Waals surface area contributed by atoms with Gasteiger partial charge in [-0.2, -0.15) is 0 Å². The molecule has 1 N–H and O–H groups in total. The van der Waals surface area contributed by atoms with Crippen LogP contribution in [0.15, 0.2) is 48.3 Å². The van der Waals surface area contributed by atoms with E-state index in [9.17, 15) is 5.11 Å². The van der Waals surface area contributed by atoms with Crippen LogP contribution < -0.4 is 0 Å². The first-order valence-electron chi connectivity index (χ1n) is 10.6. The van der Waals surface area contributed by atoms with Crippen LogP contribution in [0, 0.1) is 34.5 Å². The zero-order chi connectivity index (χ0) is 18.2. The van der Waals surface area contributed by atoms with Crippen molar-refractivity contribution >= 4 is 0 Å². The first-order valence-corrected chi connectivity index (χ1v) is 10.6. The Labute approximate surface area is 158 Å². The van der Waals surface area contributed by atoms with E-state index in [2.05, 4.69) is 39.0 Å². The van der Waals surface area contributed by atoms with Crippen LogP contribution in [0.4, 0.5) is 0 Å². The second-order valence-electron chi connectivity index (χ2n) is 10.2. The Morgan fingerprint density at radius 3 is 2.62 bits per heavy atom. The minimum Gasteiger partial charge on any atom is -0.370 e. The molecule has 140 valence electrons. The zero-order valence-electron chi connectivity index (χ0n) is 16.5. The van der Waals surface area contributed by atoms with Gasteiger partial charge in [-0.25, -0.2) is 0 Å². The normalized spacial score (nSPS) is 49.9. The summed E-state index contributed by atoms with van der Waals surface area (Å²) < 4.78 is 2.03. The highest BCUT2D eigenvalue weighted by Crippen LogP contribution is 2.65. The fourth-order valence-corrected chi connectivity index (χ4v) is 7.31. The molecule has 26 heavy (non-hydrogen) atoms. The van der Waals surface area contributed by atoms with Gasteiger partial charge in [0.2, 0.25) is 0 Å². The van der Waals surface area contributed by atoms with Crippen molar-refractivity contribution in [3.63, 3.8) is 0 Å². The lowest BCUT2D eigenvalue weighted by atomic mass is 9.46. The van der Waals surface area contributed by atoms with Gasteiger partial charge >= 0.3 is 0 Å². The SMILES string of the molecule is C[C@H]1C=C2C[C@](O)(n3cccc3)CC[C@]2(C)[C@H]2CC[C@]3(C)C=CC[C@H]3[C@H]12. The highest BCUT2D eigenvalue weighted by atomic mass is 16.3. The van der Waals surface area contributed by atoms with E-state index in [0.29, 0.717) is 11.3 Å². The summed E-state index contributed by atoms with van der Waals surface area (Å²) in [7, 11) is 0. The van der Waals surface area contributed by atoms with Crippen LogP contribution in [0.25, 0.3) is 0 Å². The first-order chi connectivity index (χ1) is 12.4. The molecular weight excluding hydrogens is 318 g/mol. The van der Waals surface area contributed by atoms with Gasteiger partial charge in [-0.1, -0.05) is 44.6 Å². The van der Waals surface area contributed by atoms with E-state index in [1.165, 1.54) is 24.8 Å². The van der Waals surface area contributed by atoms with Gasteiger partial charge in [0.05, 0.1) is 0 Å². The van der Waals surface area contributed by atoms with Gasteiger partial charge in [-0.05, 0) is 78.7 Å². The van der Waals surface area contributed by atoms with E-state index < -0.39 is 5.72 Å². The highest BCUT2D eigenvalue weighted by molar-refractivity contribution is 5.29. The Morgan fingerprint density at radius 1 is 1.08 bits per heavy atom. The lowest BCUT2D eigenvalue weighted by molar-refractivity contribution is -0.104. The summed E-state index contributed by atoms with van der Waals surface area (Å²) in [5.41, 5.74) is 1.50. The minimum absolute atomic E-state index is 0.278. The number of aliphatic hydroxyl groups is 1. The Balaban J connectivity index is 1.51. The predicted molar refractivity (Wildman–Crippen MR) is 105 cm³/mol. The Morgan fingerprint density at radius 2 is 1.85 bits per heavy atom. The van der Waals surface area contributed by atoms with E-state index >= 15 is 0 Å². The summed E-state index contributed by atoms with van der Waals surface area (Å²) in [5.74, 6) is 3.02. The van der Waals surface area contributed by atoms with Crippen LogP contribution in [0.5, 0.6) is 0 Å². The van der Waals surface area contributed by atoms with Crippen molar-refractivity contribution < 1.29 is 5.11 Å². The second kappa shape index (κ2) is 5.38. The third kappa shape index (κ3) is 2.14. The topological polar surface area (TPSA) is 25.2 Å². The lowest BCUT2D eigenvalue weighted by Crippen LogP contribution is -2.53. The molecule has 5 rings (SSSR count). The number of fused-ring (bicyclic) bond motifs is 5. The van der Waals surface area contributed by atoms with E-state index in [1.807, 2.05) is 29.1 Å². The number of hydrogen-bond donors (Lipinski definition) is 1. The zero-order valence-corrected chi connectivity index (χ0v) is 16.5. The van der Waals surface area contributed by atoms with Gasteiger partial charge in [-0.3, -0.25) is 0 Å². The third-order valence-corrected chi connectivity index (χ3v) is 8.89. The largest absolute Gasteiger partial charge is 0.370 e. The maximum absolute atomic E-state index is 11.4. The number of aromatic nitrogens is 1. The Kier molecular flexibility index (Phi) is 3.49. The molecular formula is C24H33NO. The van der Waals surface area contributed by atoms with Crippen molar-refractivity contribution in [1.29, 1.82) is 0 Å². The second-order valence-corrected chi connectivity index (χ2v) is 10.2. The van der Waals surface area contributed by atoms with E-state index in [1.54, 1.807) is 0 Å².